The van der Waals surface area contributed by atoms with Crippen molar-refractivity contribution in [2.24, 2.45) is 10.9 Å². The Labute approximate surface area is 183 Å². The van der Waals surface area contributed by atoms with Gasteiger partial charge in [0.25, 0.3) is 5.91 Å². The first-order valence-electron chi connectivity index (χ1n) is 11.0. The Bertz CT molecular complexity index is 981. The number of benzene rings is 2. The second-order valence-corrected chi connectivity index (χ2v) is 8.33. The minimum atomic E-state index is -1.00. The van der Waals surface area contributed by atoms with E-state index in [4.69, 9.17) is 9.73 Å². The van der Waals surface area contributed by atoms with Crippen molar-refractivity contribution in [1.82, 2.24) is 5.32 Å². The van der Waals surface area contributed by atoms with E-state index in [0.29, 0.717) is 5.92 Å². The van der Waals surface area contributed by atoms with E-state index in [2.05, 4.69) is 5.32 Å². The number of hydrogen-bond donors (Lipinski definition) is 1. The van der Waals surface area contributed by atoms with E-state index in [-0.39, 0.29) is 12.5 Å². The van der Waals surface area contributed by atoms with Gasteiger partial charge in [0, 0.05) is 18.5 Å². The fourth-order valence-corrected chi connectivity index (χ4v) is 4.54. The van der Waals surface area contributed by atoms with Crippen LogP contribution < -0.4 is 10.2 Å². The molecule has 6 heteroatoms. The number of para-hydroxylation sites is 1. The zero-order chi connectivity index (χ0) is 21.8. The number of ether oxygens (including phenoxy) is 1. The molecule has 1 atom stereocenters. The van der Waals surface area contributed by atoms with Crippen LogP contribution in [-0.2, 0) is 16.1 Å². The maximum atomic E-state index is 13.2. The van der Waals surface area contributed by atoms with Gasteiger partial charge in [-0.2, -0.15) is 0 Å². The zero-order valence-electron chi connectivity index (χ0n) is 18.1. The van der Waals surface area contributed by atoms with E-state index in [9.17, 15) is 9.59 Å². The van der Waals surface area contributed by atoms with Crippen LogP contribution in [0.5, 0.6) is 0 Å². The van der Waals surface area contributed by atoms with E-state index in [1.54, 1.807) is 11.9 Å². The quantitative estimate of drug-likeness (QED) is 0.788. The molecule has 0 aromatic heterocycles. The van der Waals surface area contributed by atoms with Gasteiger partial charge in [0.1, 0.15) is 6.61 Å². The van der Waals surface area contributed by atoms with Crippen LogP contribution in [0, 0.1) is 12.8 Å². The van der Waals surface area contributed by atoms with Crippen molar-refractivity contribution >= 4 is 23.4 Å². The van der Waals surface area contributed by atoms with Crippen molar-refractivity contribution in [3.05, 3.63) is 65.2 Å². The van der Waals surface area contributed by atoms with Crippen molar-refractivity contribution < 1.29 is 14.3 Å². The molecule has 2 amide bonds. The Morgan fingerprint density at radius 3 is 2.58 bits per heavy atom. The van der Waals surface area contributed by atoms with Crippen molar-refractivity contribution in [1.29, 1.82) is 0 Å². The molecule has 1 N–H and O–H groups in total. The highest BCUT2D eigenvalue weighted by Crippen LogP contribution is 2.35. The Morgan fingerprint density at radius 2 is 1.84 bits per heavy atom. The Balaban J connectivity index is 1.60. The number of alkyl carbamates (subject to hydrolysis) is 1. The molecule has 1 fully saturated rings. The zero-order valence-corrected chi connectivity index (χ0v) is 18.1. The van der Waals surface area contributed by atoms with E-state index in [1.165, 1.54) is 6.42 Å². The van der Waals surface area contributed by atoms with E-state index in [0.717, 1.165) is 53.8 Å². The van der Waals surface area contributed by atoms with Gasteiger partial charge < -0.3 is 9.64 Å². The molecule has 0 radical (unpaired) electrons. The van der Waals surface area contributed by atoms with Gasteiger partial charge in [-0.15, -0.1) is 0 Å². The molecule has 1 aliphatic heterocycles. The predicted molar refractivity (Wildman–Crippen MR) is 121 cm³/mol. The first-order chi connectivity index (χ1) is 15.0. The second kappa shape index (κ2) is 9.33. The normalized spacial score (nSPS) is 19.3. The summed E-state index contributed by atoms with van der Waals surface area (Å²) in [5.74, 6) is 0.0243. The first kappa shape index (κ1) is 21.1. The van der Waals surface area contributed by atoms with Crippen LogP contribution in [0.4, 0.5) is 10.5 Å². The summed E-state index contributed by atoms with van der Waals surface area (Å²) >= 11 is 0. The Morgan fingerprint density at radius 1 is 1.10 bits per heavy atom. The summed E-state index contributed by atoms with van der Waals surface area (Å²) in [5, 5.41) is 2.69. The lowest BCUT2D eigenvalue weighted by atomic mass is 9.82. The number of carbonyl (C=O) groups excluding carboxylic acids is 2. The van der Waals surface area contributed by atoms with Crippen LogP contribution in [-0.4, -0.2) is 30.9 Å². The van der Waals surface area contributed by atoms with Gasteiger partial charge in [0.05, 0.1) is 11.4 Å². The van der Waals surface area contributed by atoms with Crippen LogP contribution in [0.3, 0.4) is 0 Å². The number of aliphatic imine (C=N–C) groups is 1. The Hall–Kier alpha value is -3.15. The minimum Gasteiger partial charge on any atom is -0.445 e. The molecule has 1 aliphatic carbocycles. The van der Waals surface area contributed by atoms with E-state index >= 15 is 0 Å². The summed E-state index contributed by atoms with van der Waals surface area (Å²) in [5.41, 5.74) is 4.69. The number of anilines is 1. The summed E-state index contributed by atoms with van der Waals surface area (Å²) in [6, 6.07) is 15.5. The summed E-state index contributed by atoms with van der Waals surface area (Å²) in [4.78, 5) is 32.2. The molecule has 1 saturated carbocycles. The SMILES string of the molecule is Cc1cccc2c1N(C)C(=O)C(NC(=O)OCc1ccccc1)N=C2C1CCCCC1. The van der Waals surface area contributed by atoms with Gasteiger partial charge in [-0.1, -0.05) is 67.8 Å². The van der Waals surface area contributed by atoms with Crippen LogP contribution >= 0.6 is 0 Å². The minimum absolute atomic E-state index is 0.141. The third-order valence-electron chi connectivity index (χ3n) is 6.14. The number of amides is 2. The summed E-state index contributed by atoms with van der Waals surface area (Å²) in [7, 11) is 1.75. The molecule has 4 rings (SSSR count). The van der Waals surface area contributed by atoms with Gasteiger partial charge in [-0.25, -0.2) is 4.79 Å². The maximum Gasteiger partial charge on any atom is 0.409 e. The number of carbonyl (C=O) groups is 2. The molecule has 1 unspecified atom stereocenters. The molecule has 0 saturated heterocycles. The van der Waals surface area contributed by atoms with Gasteiger partial charge in [-0.3, -0.25) is 15.1 Å². The third kappa shape index (κ3) is 4.63. The van der Waals surface area contributed by atoms with Crippen LogP contribution in [0.2, 0.25) is 0 Å². The highest BCUT2D eigenvalue weighted by Gasteiger charge is 2.34. The monoisotopic (exact) mass is 419 g/mol. The van der Waals surface area contributed by atoms with Crippen molar-refractivity contribution in [2.75, 3.05) is 11.9 Å². The molecule has 2 aromatic rings. The summed E-state index contributed by atoms with van der Waals surface area (Å²) in [6.07, 6.45) is 4.00. The lowest BCUT2D eigenvalue weighted by molar-refractivity contribution is -0.120. The standard InChI is InChI=1S/C25H29N3O3/c1-17-10-9-15-20-21(19-13-7-4-8-14-19)26-23(24(29)28(2)22(17)20)27-25(30)31-16-18-11-5-3-6-12-18/h3,5-6,9-12,15,19,23H,4,7-8,13-14,16H2,1-2H3,(H,27,30). The summed E-state index contributed by atoms with van der Waals surface area (Å²) in [6.45, 7) is 2.14. The number of aryl methyl sites for hydroxylation is 1. The molecular formula is C25H29N3O3. The van der Waals surface area contributed by atoms with Gasteiger partial charge >= 0.3 is 6.09 Å². The molecule has 0 bridgehead atoms. The average Bonchev–Trinajstić information content (AvgIpc) is 2.90. The molecule has 2 aromatic carbocycles. The van der Waals surface area contributed by atoms with Crippen molar-refractivity contribution in [3.8, 4) is 0 Å². The molecule has 1 heterocycles. The number of rotatable bonds is 4. The molecule has 2 aliphatic rings. The third-order valence-corrected chi connectivity index (χ3v) is 6.14. The highest BCUT2D eigenvalue weighted by atomic mass is 16.5. The fraction of sp³-hybridized carbons (Fsp3) is 0.400. The lowest BCUT2D eigenvalue weighted by Gasteiger charge is -2.25. The van der Waals surface area contributed by atoms with Gasteiger partial charge in [0.2, 0.25) is 6.17 Å². The van der Waals surface area contributed by atoms with Crippen LogP contribution in [0.15, 0.2) is 53.5 Å². The smallest absolute Gasteiger partial charge is 0.409 e. The molecule has 0 spiro atoms. The van der Waals surface area contributed by atoms with Gasteiger partial charge in [-0.05, 0) is 30.9 Å². The molecular weight excluding hydrogens is 390 g/mol. The number of fused-ring (bicyclic) bond motifs is 1. The topological polar surface area (TPSA) is 71.0 Å². The lowest BCUT2D eigenvalue weighted by Crippen LogP contribution is -2.46. The van der Waals surface area contributed by atoms with Crippen LogP contribution in [0.1, 0.15) is 48.8 Å². The van der Waals surface area contributed by atoms with E-state index in [1.807, 2.05) is 55.5 Å². The van der Waals surface area contributed by atoms with Crippen LogP contribution in [0.25, 0.3) is 0 Å². The average molecular weight is 420 g/mol. The van der Waals surface area contributed by atoms with E-state index < -0.39 is 12.3 Å². The fourth-order valence-electron chi connectivity index (χ4n) is 4.54. The number of likely N-dealkylation sites (N-methyl/N-ethyl adjacent to an activating group) is 1. The number of nitrogens with one attached hydrogen (secondary N) is 1. The number of hydrogen-bond acceptors (Lipinski definition) is 4. The van der Waals surface area contributed by atoms with Gasteiger partial charge in [0.15, 0.2) is 0 Å². The highest BCUT2D eigenvalue weighted by molar-refractivity contribution is 6.14. The first-order valence-corrected chi connectivity index (χ1v) is 11.0. The predicted octanol–water partition coefficient (Wildman–Crippen LogP) is 4.59. The second-order valence-electron chi connectivity index (χ2n) is 8.33. The molecule has 162 valence electrons. The number of benzodiazepines with no additional fused rings is 1. The maximum absolute atomic E-state index is 13.2. The molecule has 31 heavy (non-hydrogen) atoms. The number of nitrogens with zero attached hydrogens (tertiary/aromatic N) is 2. The van der Waals surface area contributed by atoms with Crippen molar-refractivity contribution in [2.45, 2.75) is 51.8 Å². The Kier molecular flexibility index (Phi) is 6.35. The largest absolute Gasteiger partial charge is 0.445 e. The summed E-state index contributed by atoms with van der Waals surface area (Å²) < 4.78 is 5.35. The molecule has 6 nitrogen and oxygen atoms in total. The van der Waals surface area contributed by atoms with Crippen molar-refractivity contribution in [3.63, 3.8) is 0 Å².